The van der Waals surface area contributed by atoms with Crippen LogP contribution in [0, 0.1) is 11.3 Å². The highest BCUT2D eigenvalue weighted by Gasteiger charge is 2.51. The fourth-order valence-corrected chi connectivity index (χ4v) is 5.65. The summed E-state index contributed by atoms with van der Waals surface area (Å²) in [6.45, 7) is 11.9. The standard InChI is InChI=1S/C31H51NO10/c1-19-18-31(40-8,42-21(3)20(19)2)27(36)28(37)32-29(39-7)23-17-24(38-6)30(4,5)25(41-23)16-22(33)14-12-10-9-11-13-15-26(34)35/h9,11,13,15,20-25,27,29,33,36H,1,10,12,14,16-18H2,2-8H3,(H,32,37)(H,34,35). The summed E-state index contributed by atoms with van der Waals surface area (Å²) in [5.41, 5.74) is 0.373. The monoisotopic (exact) mass is 597 g/mol. The van der Waals surface area contributed by atoms with Crippen molar-refractivity contribution in [3.63, 3.8) is 0 Å². The number of hydrogen-bond acceptors (Lipinski definition) is 9. The molecule has 0 aromatic heterocycles. The van der Waals surface area contributed by atoms with E-state index in [1.54, 1.807) is 13.2 Å². The molecule has 0 radical (unpaired) electrons. The summed E-state index contributed by atoms with van der Waals surface area (Å²) in [7, 11) is 4.45. The van der Waals surface area contributed by atoms with Crippen LogP contribution in [0.3, 0.4) is 0 Å². The third-order valence-corrected chi connectivity index (χ3v) is 8.70. The molecule has 0 saturated carbocycles. The number of unbranched alkanes of at least 4 members (excludes halogenated alkanes) is 1. The molecule has 0 aliphatic carbocycles. The maximum absolute atomic E-state index is 13.3. The lowest BCUT2D eigenvalue weighted by atomic mass is 9.73. The summed E-state index contributed by atoms with van der Waals surface area (Å²) in [6.07, 6.45) is 4.09. The molecule has 240 valence electrons. The van der Waals surface area contributed by atoms with E-state index in [1.807, 2.05) is 33.8 Å². The van der Waals surface area contributed by atoms with Crippen molar-refractivity contribution >= 4 is 11.9 Å². The highest BCUT2D eigenvalue weighted by molar-refractivity contribution is 5.82. The number of rotatable bonds is 15. The van der Waals surface area contributed by atoms with E-state index in [0.717, 1.165) is 11.6 Å². The van der Waals surface area contributed by atoms with Gasteiger partial charge in [-0.05, 0) is 26.2 Å². The van der Waals surface area contributed by atoms with Crippen molar-refractivity contribution in [2.24, 2.45) is 11.3 Å². The topological polar surface area (TPSA) is 153 Å². The Labute approximate surface area is 249 Å². The molecular formula is C31H51NO10. The number of ether oxygens (including phenoxy) is 5. The van der Waals surface area contributed by atoms with Gasteiger partial charge in [0.1, 0.15) is 6.10 Å². The van der Waals surface area contributed by atoms with Gasteiger partial charge in [-0.15, -0.1) is 0 Å². The third kappa shape index (κ3) is 9.19. The zero-order valence-electron chi connectivity index (χ0n) is 26.1. The molecular weight excluding hydrogens is 546 g/mol. The summed E-state index contributed by atoms with van der Waals surface area (Å²) in [4.78, 5) is 23.8. The van der Waals surface area contributed by atoms with Crippen molar-refractivity contribution < 1.29 is 48.6 Å². The molecule has 2 fully saturated rings. The van der Waals surface area contributed by atoms with Crippen LogP contribution in [0.5, 0.6) is 0 Å². The number of carbonyl (C=O) groups excluding carboxylic acids is 1. The van der Waals surface area contributed by atoms with Crippen molar-refractivity contribution in [3.05, 3.63) is 36.5 Å². The predicted molar refractivity (Wildman–Crippen MR) is 156 cm³/mol. The van der Waals surface area contributed by atoms with Gasteiger partial charge in [0.15, 0.2) is 12.3 Å². The molecule has 42 heavy (non-hydrogen) atoms. The second-order valence-corrected chi connectivity index (χ2v) is 11.9. The van der Waals surface area contributed by atoms with E-state index in [-0.39, 0.29) is 24.5 Å². The molecule has 0 spiro atoms. The molecule has 2 aliphatic heterocycles. The number of allylic oxidation sites excluding steroid dienone is 3. The maximum atomic E-state index is 13.3. The largest absolute Gasteiger partial charge is 0.478 e. The molecule has 1 amide bonds. The highest BCUT2D eigenvalue weighted by Crippen LogP contribution is 2.42. The van der Waals surface area contributed by atoms with Crippen molar-refractivity contribution in [2.45, 2.75) is 115 Å². The van der Waals surface area contributed by atoms with Crippen LogP contribution >= 0.6 is 0 Å². The first-order valence-corrected chi connectivity index (χ1v) is 14.6. The molecule has 0 bridgehead atoms. The number of hydrogen-bond donors (Lipinski definition) is 4. The Hall–Kier alpha value is -2.12. The van der Waals surface area contributed by atoms with Crippen LogP contribution in [0.1, 0.15) is 66.2 Å². The van der Waals surface area contributed by atoms with Crippen LogP contribution < -0.4 is 5.32 Å². The van der Waals surface area contributed by atoms with Gasteiger partial charge < -0.3 is 44.3 Å². The molecule has 9 unspecified atom stereocenters. The first-order valence-electron chi connectivity index (χ1n) is 14.6. The third-order valence-electron chi connectivity index (χ3n) is 8.70. The van der Waals surface area contributed by atoms with Crippen LogP contribution in [0.15, 0.2) is 36.5 Å². The summed E-state index contributed by atoms with van der Waals surface area (Å²) in [5, 5.41) is 33.3. The zero-order valence-corrected chi connectivity index (χ0v) is 26.1. The Morgan fingerprint density at radius 1 is 1.19 bits per heavy atom. The lowest BCUT2D eigenvalue weighted by Crippen LogP contribution is -2.62. The fourth-order valence-electron chi connectivity index (χ4n) is 5.65. The minimum Gasteiger partial charge on any atom is -0.478 e. The number of carboxylic acids is 1. The van der Waals surface area contributed by atoms with E-state index in [1.165, 1.54) is 20.3 Å². The average molecular weight is 598 g/mol. The molecule has 11 heteroatoms. The van der Waals surface area contributed by atoms with Gasteiger partial charge in [0.25, 0.3) is 5.91 Å². The lowest BCUT2D eigenvalue weighted by molar-refractivity contribution is -0.298. The molecule has 2 heterocycles. The van der Waals surface area contributed by atoms with Crippen LogP contribution in [-0.4, -0.2) is 97.2 Å². The predicted octanol–water partition coefficient (Wildman–Crippen LogP) is 3.10. The maximum Gasteiger partial charge on any atom is 0.328 e. The highest BCUT2D eigenvalue weighted by atomic mass is 16.7. The van der Waals surface area contributed by atoms with E-state index in [0.29, 0.717) is 32.1 Å². The SMILES string of the molecule is C=C1CC(OC)(C(O)C(=O)NC(OC)C2CC(OC)C(C)(C)C(CC(O)CCCC=CC=CC(=O)O)O2)OC(C)C1C. The average Bonchev–Trinajstić information content (AvgIpc) is 2.94. The van der Waals surface area contributed by atoms with E-state index in [4.69, 9.17) is 28.8 Å². The second kappa shape index (κ2) is 16.1. The van der Waals surface area contributed by atoms with Crippen molar-refractivity contribution in [1.82, 2.24) is 5.32 Å². The number of carbonyl (C=O) groups is 2. The van der Waals surface area contributed by atoms with Crippen molar-refractivity contribution in [2.75, 3.05) is 21.3 Å². The Kier molecular flexibility index (Phi) is 13.8. The molecule has 9 atom stereocenters. The first-order chi connectivity index (χ1) is 19.7. The Bertz CT molecular complexity index is 965. The molecule has 2 saturated heterocycles. The molecule has 2 aliphatic rings. The number of aliphatic carboxylic acids is 1. The number of amides is 1. The number of nitrogens with one attached hydrogen (secondary N) is 1. The number of aliphatic hydroxyl groups excluding tert-OH is 2. The van der Waals surface area contributed by atoms with Gasteiger partial charge in [0.2, 0.25) is 5.79 Å². The van der Waals surface area contributed by atoms with Crippen LogP contribution in [0.25, 0.3) is 0 Å². The fraction of sp³-hybridized carbons (Fsp3) is 0.742. The van der Waals surface area contributed by atoms with Gasteiger partial charge in [-0.2, -0.15) is 0 Å². The first kappa shape index (κ1) is 36.1. The summed E-state index contributed by atoms with van der Waals surface area (Å²) >= 11 is 0. The van der Waals surface area contributed by atoms with E-state index >= 15 is 0 Å². The van der Waals surface area contributed by atoms with Crippen LogP contribution in [0.4, 0.5) is 0 Å². The van der Waals surface area contributed by atoms with Gasteiger partial charge in [0.05, 0.1) is 24.4 Å². The van der Waals surface area contributed by atoms with Crippen LogP contribution in [0.2, 0.25) is 0 Å². The minimum absolute atomic E-state index is 0.0462. The molecule has 11 nitrogen and oxygen atoms in total. The Morgan fingerprint density at radius 3 is 2.45 bits per heavy atom. The quantitative estimate of drug-likeness (QED) is 0.0728. The summed E-state index contributed by atoms with van der Waals surface area (Å²) < 4.78 is 29.5. The second-order valence-electron chi connectivity index (χ2n) is 11.9. The summed E-state index contributed by atoms with van der Waals surface area (Å²) in [6, 6.07) is 0. The van der Waals surface area contributed by atoms with Gasteiger partial charge in [0, 0.05) is 58.0 Å². The van der Waals surface area contributed by atoms with Crippen molar-refractivity contribution in [1.29, 1.82) is 0 Å². The van der Waals surface area contributed by atoms with Gasteiger partial charge in [-0.25, -0.2) is 4.79 Å². The van der Waals surface area contributed by atoms with Gasteiger partial charge in [-0.3, -0.25) is 4.79 Å². The van der Waals surface area contributed by atoms with Gasteiger partial charge in [-0.1, -0.05) is 51.2 Å². The lowest BCUT2D eigenvalue weighted by Gasteiger charge is -2.49. The Balaban J connectivity index is 2.07. The molecule has 0 aromatic rings. The van der Waals surface area contributed by atoms with E-state index < -0.39 is 53.7 Å². The normalized spacial score (nSPS) is 32.1. The molecule has 0 aromatic carbocycles. The van der Waals surface area contributed by atoms with E-state index in [9.17, 15) is 19.8 Å². The zero-order chi connectivity index (χ0) is 31.7. The van der Waals surface area contributed by atoms with Crippen molar-refractivity contribution in [3.8, 4) is 0 Å². The number of carboxylic acid groups (broad SMARTS) is 1. The number of aliphatic hydroxyl groups is 2. The number of methoxy groups -OCH3 is 3. The molecule has 2 rings (SSSR count). The Morgan fingerprint density at radius 2 is 1.88 bits per heavy atom. The molecule has 4 N–H and O–H groups in total. The smallest absolute Gasteiger partial charge is 0.328 e. The summed E-state index contributed by atoms with van der Waals surface area (Å²) in [5.74, 6) is -3.27. The van der Waals surface area contributed by atoms with Gasteiger partial charge >= 0.3 is 5.97 Å². The van der Waals surface area contributed by atoms with E-state index in [2.05, 4.69) is 11.9 Å². The minimum atomic E-state index is -1.66. The van der Waals surface area contributed by atoms with Crippen LogP contribution in [-0.2, 0) is 33.3 Å².